The molecule has 2 amide bonds. The maximum Gasteiger partial charge on any atom is 0.262 e. The van der Waals surface area contributed by atoms with Gasteiger partial charge in [0.2, 0.25) is 5.91 Å². The van der Waals surface area contributed by atoms with Crippen molar-refractivity contribution in [3.63, 3.8) is 0 Å². The van der Waals surface area contributed by atoms with Crippen LogP contribution in [-0.2, 0) is 14.8 Å². The molecular weight excluding hydrogens is 504 g/mol. The standard InChI is InChI=1S/C25H26N4O5S.ClH/c30-24(29-16-14-26-15-17-29)18-27-25(31)19-10-12-21(13-11-19)35(32,33)28-22-8-4-5-9-23(22)34-20-6-2-1-3-7-20;/h1-13,26,28H,14-18H2,(H,27,31);1H. The number of anilines is 1. The average molecular weight is 531 g/mol. The van der Waals surface area contributed by atoms with E-state index in [4.69, 9.17) is 4.74 Å². The van der Waals surface area contributed by atoms with Crippen LogP contribution in [0.4, 0.5) is 5.69 Å². The molecule has 0 atom stereocenters. The molecule has 0 unspecified atom stereocenters. The van der Waals surface area contributed by atoms with Crippen molar-refractivity contribution in [3.05, 3.63) is 84.4 Å². The Balaban J connectivity index is 0.00000361. The Bertz CT molecular complexity index is 1280. The number of benzene rings is 3. The summed E-state index contributed by atoms with van der Waals surface area (Å²) >= 11 is 0. The summed E-state index contributed by atoms with van der Waals surface area (Å²) < 4.78 is 34.3. The number of nitrogens with zero attached hydrogens (tertiary/aromatic N) is 1. The molecule has 0 aromatic heterocycles. The zero-order chi connectivity index (χ0) is 24.7. The molecule has 0 spiro atoms. The molecule has 1 aliphatic rings. The first kappa shape index (κ1) is 27.0. The van der Waals surface area contributed by atoms with Crippen molar-refractivity contribution >= 4 is 39.9 Å². The molecule has 1 aliphatic heterocycles. The fraction of sp³-hybridized carbons (Fsp3) is 0.200. The summed E-state index contributed by atoms with van der Waals surface area (Å²) in [6.45, 7) is 2.55. The van der Waals surface area contributed by atoms with Crippen LogP contribution < -0.4 is 20.1 Å². The Morgan fingerprint density at radius 2 is 1.53 bits per heavy atom. The van der Waals surface area contributed by atoms with Crippen molar-refractivity contribution in [3.8, 4) is 11.5 Å². The smallest absolute Gasteiger partial charge is 0.262 e. The Morgan fingerprint density at radius 3 is 2.22 bits per heavy atom. The van der Waals surface area contributed by atoms with Crippen LogP contribution in [0.2, 0.25) is 0 Å². The van der Waals surface area contributed by atoms with E-state index in [9.17, 15) is 18.0 Å². The van der Waals surface area contributed by atoms with E-state index in [0.29, 0.717) is 24.6 Å². The second-order valence-corrected chi connectivity index (χ2v) is 9.54. The summed E-state index contributed by atoms with van der Waals surface area (Å²) in [5.74, 6) is 0.323. The molecule has 4 rings (SSSR count). The maximum absolute atomic E-state index is 13.0. The number of hydrogen-bond donors (Lipinski definition) is 3. The van der Waals surface area contributed by atoms with Gasteiger partial charge in [0.05, 0.1) is 17.1 Å². The molecule has 3 aromatic carbocycles. The van der Waals surface area contributed by atoms with Gasteiger partial charge in [0.1, 0.15) is 5.75 Å². The zero-order valence-corrected chi connectivity index (χ0v) is 21.0. The normalized spacial score (nSPS) is 13.3. The van der Waals surface area contributed by atoms with Gasteiger partial charge in [-0.2, -0.15) is 0 Å². The van der Waals surface area contributed by atoms with Gasteiger partial charge < -0.3 is 20.3 Å². The number of rotatable bonds is 8. The highest BCUT2D eigenvalue weighted by Crippen LogP contribution is 2.30. The quantitative estimate of drug-likeness (QED) is 0.412. The van der Waals surface area contributed by atoms with Gasteiger partial charge in [0.15, 0.2) is 5.75 Å². The molecule has 3 aromatic rings. The molecule has 0 aliphatic carbocycles. The number of carbonyl (C=O) groups excluding carboxylic acids is 2. The van der Waals surface area contributed by atoms with Gasteiger partial charge in [-0.15, -0.1) is 12.4 Å². The molecule has 3 N–H and O–H groups in total. The molecular formula is C25H27ClN4O5S. The van der Waals surface area contributed by atoms with Gasteiger partial charge in [0, 0.05) is 31.7 Å². The molecule has 11 heteroatoms. The van der Waals surface area contributed by atoms with E-state index < -0.39 is 15.9 Å². The van der Waals surface area contributed by atoms with Crippen LogP contribution in [0.3, 0.4) is 0 Å². The molecule has 0 bridgehead atoms. The van der Waals surface area contributed by atoms with Crippen LogP contribution in [0.5, 0.6) is 11.5 Å². The Morgan fingerprint density at radius 1 is 0.889 bits per heavy atom. The molecule has 0 saturated carbocycles. The summed E-state index contributed by atoms with van der Waals surface area (Å²) in [7, 11) is -3.94. The van der Waals surface area contributed by atoms with E-state index in [0.717, 1.165) is 13.1 Å². The van der Waals surface area contributed by atoms with Crippen LogP contribution in [0.1, 0.15) is 10.4 Å². The van der Waals surface area contributed by atoms with Crippen molar-refractivity contribution < 1.29 is 22.7 Å². The molecule has 0 radical (unpaired) electrons. The van der Waals surface area contributed by atoms with E-state index in [1.807, 2.05) is 18.2 Å². The summed E-state index contributed by atoms with van der Waals surface area (Å²) in [6.07, 6.45) is 0. The fourth-order valence-electron chi connectivity index (χ4n) is 3.53. The topological polar surface area (TPSA) is 117 Å². The van der Waals surface area contributed by atoms with E-state index in [-0.39, 0.29) is 41.0 Å². The Kier molecular flexibility index (Phi) is 9.29. The molecule has 190 valence electrons. The maximum atomic E-state index is 13.0. The summed E-state index contributed by atoms with van der Waals surface area (Å²) in [4.78, 5) is 26.3. The van der Waals surface area contributed by atoms with E-state index in [1.165, 1.54) is 24.3 Å². The van der Waals surface area contributed by atoms with E-state index in [1.54, 1.807) is 41.3 Å². The molecule has 1 saturated heterocycles. The lowest BCUT2D eigenvalue weighted by molar-refractivity contribution is -0.130. The minimum atomic E-state index is -3.94. The van der Waals surface area contributed by atoms with Gasteiger partial charge in [-0.3, -0.25) is 14.3 Å². The molecule has 36 heavy (non-hydrogen) atoms. The lowest BCUT2D eigenvalue weighted by atomic mass is 10.2. The number of ether oxygens (including phenoxy) is 1. The lowest BCUT2D eigenvalue weighted by Gasteiger charge is -2.27. The van der Waals surface area contributed by atoms with Crippen LogP contribution in [0.15, 0.2) is 83.8 Å². The number of hydrogen-bond acceptors (Lipinski definition) is 6. The van der Waals surface area contributed by atoms with E-state index in [2.05, 4.69) is 15.4 Å². The monoisotopic (exact) mass is 530 g/mol. The van der Waals surface area contributed by atoms with Gasteiger partial charge in [-0.25, -0.2) is 8.42 Å². The predicted molar refractivity (Wildman–Crippen MR) is 139 cm³/mol. The van der Waals surface area contributed by atoms with Crippen molar-refractivity contribution in [2.75, 3.05) is 37.4 Å². The highest BCUT2D eigenvalue weighted by Gasteiger charge is 2.19. The molecule has 1 heterocycles. The Labute approximate surface area is 216 Å². The minimum Gasteiger partial charge on any atom is -0.455 e. The van der Waals surface area contributed by atoms with Crippen LogP contribution in [0.25, 0.3) is 0 Å². The van der Waals surface area contributed by atoms with Crippen molar-refractivity contribution in [2.45, 2.75) is 4.90 Å². The second kappa shape index (κ2) is 12.4. The van der Waals surface area contributed by atoms with Crippen LogP contribution in [0, 0.1) is 0 Å². The average Bonchev–Trinajstić information content (AvgIpc) is 2.89. The number of nitrogens with one attached hydrogen (secondary N) is 3. The predicted octanol–water partition coefficient (Wildman–Crippen LogP) is 2.86. The molecule has 9 nitrogen and oxygen atoms in total. The highest BCUT2D eigenvalue weighted by molar-refractivity contribution is 7.92. The Hall–Kier alpha value is -3.60. The van der Waals surface area contributed by atoms with Gasteiger partial charge in [-0.05, 0) is 48.5 Å². The number of amides is 2. The summed E-state index contributed by atoms with van der Waals surface area (Å²) in [5, 5.41) is 5.76. The van der Waals surface area contributed by atoms with Gasteiger partial charge >= 0.3 is 0 Å². The first-order valence-electron chi connectivity index (χ1n) is 11.1. The SMILES string of the molecule is Cl.O=C(NCC(=O)N1CCNCC1)c1ccc(S(=O)(=O)Nc2ccccc2Oc2ccccc2)cc1. The third-order valence-corrected chi connectivity index (χ3v) is 6.78. The minimum absolute atomic E-state index is 0. The largest absolute Gasteiger partial charge is 0.455 e. The number of halogens is 1. The number of para-hydroxylation sites is 3. The summed E-state index contributed by atoms with van der Waals surface area (Å²) in [6, 6.07) is 21.3. The zero-order valence-electron chi connectivity index (χ0n) is 19.3. The van der Waals surface area contributed by atoms with Crippen molar-refractivity contribution in [1.29, 1.82) is 0 Å². The third kappa shape index (κ3) is 6.97. The van der Waals surface area contributed by atoms with Crippen molar-refractivity contribution in [1.82, 2.24) is 15.5 Å². The number of sulfonamides is 1. The second-order valence-electron chi connectivity index (χ2n) is 7.85. The third-order valence-electron chi connectivity index (χ3n) is 5.40. The summed E-state index contributed by atoms with van der Waals surface area (Å²) in [5.41, 5.74) is 0.537. The van der Waals surface area contributed by atoms with Crippen molar-refractivity contribution in [2.24, 2.45) is 0 Å². The first-order valence-corrected chi connectivity index (χ1v) is 12.6. The highest BCUT2D eigenvalue weighted by atomic mass is 35.5. The lowest BCUT2D eigenvalue weighted by Crippen LogP contribution is -2.49. The number of carbonyl (C=O) groups is 2. The van der Waals surface area contributed by atoms with Crippen LogP contribution in [-0.4, -0.2) is 57.9 Å². The van der Waals surface area contributed by atoms with Gasteiger partial charge in [-0.1, -0.05) is 30.3 Å². The van der Waals surface area contributed by atoms with Gasteiger partial charge in [0.25, 0.3) is 15.9 Å². The van der Waals surface area contributed by atoms with Crippen LogP contribution >= 0.6 is 12.4 Å². The fourth-order valence-corrected chi connectivity index (χ4v) is 4.60. The molecule has 1 fully saturated rings. The van der Waals surface area contributed by atoms with E-state index >= 15 is 0 Å². The first-order chi connectivity index (χ1) is 16.9. The number of piperazine rings is 1.